The quantitative estimate of drug-likeness (QED) is 0.638. The minimum absolute atomic E-state index is 0.125. The Hall–Kier alpha value is -1.78. The SMILES string of the molecule is COC(=S)C(C(=O)c1ccc(Cl)cc1)c1ccncc1. The summed E-state index contributed by atoms with van der Waals surface area (Å²) in [6.45, 7) is 0. The first-order chi connectivity index (χ1) is 9.63. The van der Waals surface area contributed by atoms with E-state index in [4.69, 9.17) is 28.6 Å². The maximum absolute atomic E-state index is 12.6. The highest BCUT2D eigenvalue weighted by atomic mass is 35.5. The molecular formula is C15H12ClNO2S. The molecule has 0 aliphatic carbocycles. The highest BCUT2D eigenvalue weighted by molar-refractivity contribution is 7.80. The number of ether oxygens (including phenoxy) is 1. The molecule has 0 aliphatic heterocycles. The standard InChI is InChI=1S/C15H12ClNO2S/c1-19-15(20)13(10-6-8-17-9-7-10)14(18)11-2-4-12(16)5-3-11/h2-9,13H,1H3. The van der Waals surface area contributed by atoms with Gasteiger partial charge in [-0.25, -0.2) is 0 Å². The third-order valence-corrected chi connectivity index (χ3v) is 3.52. The third kappa shape index (κ3) is 3.21. The Morgan fingerprint density at radius 2 is 1.80 bits per heavy atom. The van der Waals surface area contributed by atoms with E-state index < -0.39 is 5.92 Å². The van der Waals surface area contributed by atoms with Crippen molar-refractivity contribution in [1.29, 1.82) is 0 Å². The number of thiocarbonyl (C=S) groups is 1. The average Bonchev–Trinajstić information content (AvgIpc) is 2.49. The zero-order chi connectivity index (χ0) is 14.5. The van der Waals surface area contributed by atoms with Crippen LogP contribution in [0.2, 0.25) is 5.02 Å². The van der Waals surface area contributed by atoms with Crippen molar-refractivity contribution in [2.75, 3.05) is 7.11 Å². The molecule has 102 valence electrons. The van der Waals surface area contributed by atoms with Crippen molar-refractivity contribution in [1.82, 2.24) is 4.98 Å². The molecule has 0 saturated carbocycles. The van der Waals surface area contributed by atoms with Crippen LogP contribution in [0.5, 0.6) is 0 Å². The summed E-state index contributed by atoms with van der Waals surface area (Å²) < 4.78 is 5.10. The predicted octanol–water partition coefficient (Wildman–Crippen LogP) is 3.68. The van der Waals surface area contributed by atoms with Gasteiger partial charge in [-0.2, -0.15) is 0 Å². The number of ketones is 1. The van der Waals surface area contributed by atoms with E-state index in [2.05, 4.69) is 4.98 Å². The molecule has 0 amide bonds. The first-order valence-electron chi connectivity index (χ1n) is 5.91. The lowest BCUT2D eigenvalue weighted by Crippen LogP contribution is -2.22. The van der Waals surface area contributed by atoms with E-state index in [-0.39, 0.29) is 10.8 Å². The summed E-state index contributed by atoms with van der Waals surface area (Å²) in [5.74, 6) is -0.751. The van der Waals surface area contributed by atoms with E-state index in [1.165, 1.54) is 7.11 Å². The van der Waals surface area contributed by atoms with E-state index in [1.807, 2.05) is 0 Å². The largest absolute Gasteiger partial charge is 0.489 e. The monoisotopic (exact) mass is 305 g/mol. The lowest BCUT2D eigenvalue weighted by atomic mass is 9.92. The van der Waals surface area contributed by atoms with Crippen molar-refractivity contribution in [3.8, 4) is 0 Å². The molecular weight excluding hydrogens is 294 g/mol. The Kier molecular flexibility index (Phi) is 4.82. The lowest BCUT2D eigenvalue weighted by Gasteiger charge is -2.16. The molecule has 3 nitrogen and oxygen atoms in total. The summed E-state index contributed by atoms with van der Waals surface area (Å²) in [6.07, 6.45) is 3.24. The summed E-state index contributed by atoms with van der Waals surface area (Å²) in [7, 11) is 1.46. The predicted molar refractivity (Wildman–Crippen MR) is 82.4 cm³/mol. The zero-order valence-electron chi connectivity index (χ0n) is 10.7. The van der Waals surface area contributed by atoms with Gasteiger partial charge in [-0.05, 0) is 54.2 Å². The number of halogens is 1. The smallest absolute Gasteiger partial charge is 0.178 e. The van der Waals surface area contributed by atoms with Gasteiger partial charge < -0.3 is 4.74 Å². The van der Waals surface area contributed by atoms with Crippen LogP contribution in [0.3, 0.4) is 0 Å². The molecule has 1 aromatic carbocycles. The van der Waals surface area contributed by atoms with Crippen LogP contribution in [-0.2, 0) is 4.74 Å². The first kappa shape index (κ1) is 14.6. The molecule has 0 aliphatic rings. The minimum atomic E-state index is -0.626. The van der Waals surface area contributed by atoms with E-state index in [0.29, 0.717) is 10.6 Å². The van der Waals surface area contributed by atoms with Crippen LogP contribution in [-0.4, -0.2) is 22.9 Å². The Labute approximate surface area is 127 Å². The molecule has 1 atom stereocenters. The molecule has 0 radical (unpaired) electrons. The molecule has 1 heterocycles. The number of methoxy groups -OCH3 is 1. The summed E-state index contributed by atoms with van der Waals surface area (Å²) in [5.41, 5.74) is 1.29. The summed E-state index contributed by atoms with van der Waals surface area (Å²) >= 11 is 11.0. The molecule has 0 saturated heterocycles. The lowest BCUT2D eigenvalue weighted by molar-refractivity contribution is 0.0976. The van der Waals surface area contributed by atoms with Gasteiger partial charge in [-0.1, -0.05) is 11.6 Å². The van der Waals surface area contributed by atoms with Crippen molar-refractivity contribution >= 4 is 34.7 Å². The summed E-state index contributed by atoms with van der Waals surface area (Å²) in [6, 6.07) is 10.2. The number of aromatic nitrogens is 1. The number of carbonyl (C=O) groups is 1. The second-order valence-electron chi connectivity index (χ2n) is 4.11. The number of hydrogen-bond acceptors (Lipinski definition) is 4. The van der Waals surface area contributed by atoms with E-state index in [9.17, 15) is 4.79 Å². The van der Waals surface area contributed by atoms with E-state index in [1.54, 1.807) is 48.8 Å². The maximum atomic E-state index is 12.6. The Bertz CT molecular complexity index is 614. The fourth-order valence-electron chi connectivity index (χ4n) is 1.85. The Morgan fingerprint density at radius 3 is 2.35 bits per heavy atom. The van der Waals surface area contributed by atoms with Crippen LogP contribution in [0.4, 0.5) is 0 Å². The highest BCUT2D eigenvalue weighted by Gasteiger charge is 2.27. The van der Waals surface area contributed by atoms with Crippen LogP contribution in [0.15, 0.2) is 48.8 Å². The average molecular weight is 306 g/mol. The molecule has 5 heteroatoms. The number of Topliss-reactive ketones (excluding diaryl/α,β-unsaturated/α-hetero) is 1. The normalized spacial score (nSPS) is 11.7. The molecule has 0 fully saturated rings. The van der Waals surface area contributed by atoms with Gasteiger partial charge in [0.05, 0.1) is 7.11 Å². The van der Waals surface area contributed by atoms with Gasteiger partial charge in [-0.3, -0.25) is 9.78 Å². The van der Waals surface area contributed by atoms with Crippen molar-refractivity contribution in [2.24, 2.45) is 0 Å². The number of rotatable bonds is 4. The maximum Gasteiger partial charge on any atom is 0.178 e. The number of carbonyl (C=O) groups excluding carboxylic acids is 1. The van der Waals surface area contributed by atoms with Crippen LogP contribution in [0.1, 0.15) is 21.8 Å². The van der Waals surface area contributed by atoms with Gasteiger partial charge in [0.2, 0.25) is 0 Å². The molecule has 0 N–H and O–H groups in total. The highest BCUT2D eigenvalue weighted by Crippen LogP contribution is 2.24. The zero-order valence-corrected chi connectivity index (χ0v) is 12.3. The van der Waals surface area contributed by atoms with Gasteiger partial charge in [0.1, 0.15) is 5.92 Å². The van der Waals surface area contributed by atoms with Crippen LogP contribution in [0, 0.1) is 0 Å². The van der Waals surface area contributed by atoms with Crippen molar-refractivity contribution in [2.45, 2.75) is 5.92 Å². The van der Waals surface area contributed by atoms with Crippen molar-refractivity contribution in [3.63, 3.8) is 0 Å². The van der Waals surface area contributed by atoms with Gasteiger partial charge in [0, 0.05) is 23.0 Å². The van der Waals surface area contributed by atoms with Crippen LogP contribution in [0.25, 0.3) is 0 Å². The Balaban J connectivity index is 2.39. The van der Waals surface area contributed by atoms with Gasteiger partial charge in [-0.15, -0.1) is 0 Å². The fraction of sp³-hybridized carbons (Fsp3) is 0.133. The molecule has 2 aromatic rings. The fourth-order valence-corrected chi connectivity index (χ4v) is 2.22. The van der Waals surface area contributed by atoms with Gasteiger partial charge in [0.15, 0.2) is 10.8 Å². The minimum Gasteiger partial charge on any atom is -0.489 e. The van der Waals surface area contributed by atoms with Crippen molar-refractivity contribution in [3.05, 3.63) is 64.9 Å². The van der Waals surface area contributed by atoms with Crippen LogP contribution >= 0.6 is 23.8 Å². The topological polar surface area (TPSA) is 39.2 Å². The Morgan fingerprint density at radius 1 is 1.20 bits per heavy atom. The second-order valence-corrected chi connectivity index (χ2v) is 4.95. The molecule has 20 heavy (non-hydrogen) atoms. The molecule has 0 bridgehead atoms. The number of benzene rings is 1. The third-order valence-electron chi connectivity index (χ3n) is 2.87. The first-order valence-corrected chi connectivity index (χ1v) is 6.69. The van der Waals surface area contributed by atoms with Gasteiger partial charge >= 0.3 is 0 Å². The molecule has 1 aromatic heterocycles. The number of hydrogen-bond donors (Lipinski definition) is 0. The summed E-state index contributed by atoms with van der Waals surface area (Å²) in [5, 5.41) is 0.812. The van der Waals surface area contributed by atoms with E-state index >= 15 is 0 Å². The molecule has 1 unspecified atom stereocenters. The molecule has 0 spiro atoms. The van der Waals surface area contributed by atoms with Crippen LogP contribution < -0.4 is 0 Å². The van der Waals surface area contributed by atoms with E-state index in [0.717, 1.165) is 5.56 Å². The molecule has 2 rings (SSSR count). The van der Waals surface area contributed by atoms with Gasteiger partial charge in [0.25, 0.3) is 0 Å². The number of pyridine rings is 1. The summed E-state index contributed by atoms with van der Waals surface area (Å²) in [4.78, 5) is 16.6. The second kappa shape index (κ2) is 6.59. The van der Waals surface area contributed by atoms with Crippen molar-refractivity contribution < 1.29 is 9.53 Å². The number of nitrogens with zero attached hydrogens (tertiary/aromatic N) is 1.